The van der Waals surface area contributed by atoms with Crippen LogP contribution in [0.4, 0.5) is 5.69 Å². The largest absolute Gasteiger partial charge is 0.490 e. The summed E-state index contributed by atoms with van der Waals surface area (Å²) in [7, 11) is 0. The molecule has 0 saturated carbocycles. The first kappa shape index (κ1) is 13.4. The van der Waals surface area contributed by atoms with Crippen molar-refractivity contribution in [1.82, 2.24) is 0 Å². The van der Waals surface area contributed by atoms with Gasteiger partial charge < -0.3 is 20.1 Å². The van der Waals surface area contributed by atoms with E-state index in [1.807, 2.05) is 6.07 Å². The van der Waals surface area contributed by atoms with E-state index >= 15 is 0 Å². The molecule has 2 N–H and O–H groups in total. The lowest BCUT2D eigenvalue weighted by atomic mass is 10.2. The van der Waals surface area contributed by atoms with Crippen LogP contribution in [0.25, 0.3) is 0 Å². The van der Waals surface area contributed by atoms with Gasteiger partial charge in [-0.15, -0.1) is 0 Å². The number of nitrogens with zero attached hydrogens (tertiary/aromatic N) is 1. The molecule has 6 nitrogen and oxygen atoms in total. The molecule has 2 rings (SSSR count). The Balaban J connectivity index is 2.19. The second-order valence-electron chi connectivity index (χ2n) is 4.04. The Labute approximate surface area is 111 Å². The summed E-state index contributed by atoms with van der Waals surface area (Å²) in [4.78, 5) is 25.2. The minimum atomic E-state index is -1.30. The van der Waals surface area contributed by atoms with E-state index in [0.29, 0.717) is 24.6 Å². The fourth-order valence-electron chi connectivity index (χ4n) is 1.90. The van der Waals surface area contributed by atoms with E-state index in [2.05, 4.69) is 0 Å². The molecule has 0 saturated heterocycles. The minimum absolute atomic E-state index is 0.194. The van der Waals surface area contributed by atoms with Gasteiger partial charge in [0.25, 0.3) is 5.91 Å². The highest BCUT2D eigenvalue weighted by molar-refractivity contribution is 6.10. The van der Waals surface area contributed by atoms with Crippen molar-refractivity contribution >= 4 is 17.6 Å². The van der Waals surface area contributed by atoms with Gasteiger partial charge in [0.05, 0.1) is 18.8 Å². The van der Waals surface area contributed by atoms with Crippen molar-refractivity contribution in [3.63, 3.8) is 0 Å². The van der Waals surface area contributed by atoms with Gasteiger partial charge in [0.15, 0.2) is 6.04 Å². The number of carbonyl (C=O) groups excluding carboxylic acids is 2. The fraction of sp³-hybridized carbons (Fsp3) is 0.385. The number of rotatable bonds is 3. The molecule has 102 valence electrons. The SMILES string of the molecule is CCOC(=O)C(N)C(=O)N1CCOc2ccccc21. The number of para-hydroxylation sites is 2. The summed E-state index contributed by atoms with van der Waals surface area (Å²) >= 11 is 0. The molecule has 19 heavy (non-hydrogen) atoms. The van der Waals surface area contributed by atoms with Crippen LogP contribution < -0.4 is 15.4 Å². The van der Waals surface area contributed by atoms with Crippen LogP contribution in [0.15, 0.2) is 24.3 Å². The van der Waals surface area contributed by atoms with E-state index < -0.39 is 17.9 Å². The van der Waals surface area contributed by atoms with E-state index in [9.17, 15) is 9.59 Å². The molecule has 6 heteroatoms. The highest BCUT2D eigenvalue weighted by Crippen LogP contribution is 2.31. The standard InChI is InChI=1S/C13H16N2O4/c1-2-18-13(17)11(14)12(16)15-7-8-19-10-6-4-3-5-9(10)15/h3-6,11H,2,7-8,14H2,1H3. The van der Waals surface area contributed by atoms with Crippen LogP contribution in [0.1, 0.15) is 6.92 Å². The summed E-state index contributed by atoms with van der Waals surface area (Å²) in [6, 6.07) is 5.84. The molecule has 0 fully saturated rings. The highest BCUT2D eigenvalue weighted by atomic mass is 16.5. The molecule has 0 aliphatic carbocycles. The summed E-state index contributed by atoms with van der Waals surface area (Å²) in [5.41, 5.74) is 6.25. The van der Waals surface area contributed by atoms with Crippen molar-refractivity contribution < 1.29 is 19.1 Å². The molecule has 0 aromatic heterocycles. The van der Waals surface area contributed by atoms with Gasteiger partial charge in [-0.3, -0.25) is 4.79 Å². The van der Waals surface area contributed by atoms with Gasteiger partial charge in [-0.1, -0.05) is 12.1 Å². The van der Waals surface area contributed by atoms with Gasteiger partial charge in [-0.25, -0.2) is 4.79 Å². The first-order valence-electron chi connectivity index (χ1n) is 6.10. The summed E-state index contributed by atoms with van der Waals surface area (Å²) < 4.78 is 10.2. The number of benzene rings is 1. The Hall–Kier alpha value is -2.08. The van der Waals surface area contributed by atoms with Crippen molar-refractivity contribution in [1.29, 1.82) is 0 Å². The zero-order valence-corrected chi connectivity index (χ0v) is 10.7. The first-order valence-corrected chi connectivity index (χ1v) is 6.10. The fourth-order valence-corrected chi connectivity index (χ4v) is 1.90. The number of nitrogens with two attached hydrogens (primary N) is 1. The normalized spacial score (nSPS) is 15.2. The molecule has 1 heterocycles. The average molecular weight is 264 g/mol. The van der Waals surface area contributed by atoms with Crippen molar-refractivity contribution in [3.05, 3.63) is 24.3 Å². The lowest BCUT2D eigenvalue weighted by Gasteiger charge is -2.30. The molecular formula is C13H16N2O4. The van der Waals surface area contributed by atoms with Gasteiger partial charge >= 0.3 is 5.97 Å². The summed E-state index contributed by atoms with van der Waals surface area (Å²) in [6.45, 7) is 2.60. The van der Waals surface area contributed by atoms with E-state index in [1.54, 1.807) is 25.1 Å². The Morgan fingerprint density at radius 2 is 2.21 bits per heavy atom. The lowest BCUT2D eigenvalue weighted by molar-refractivity contribution is -0.147. The zero-order valence-electron chi connectivity index (χ0n) is 10.7. The van der Waals surface area contributed by atoms with Crippen LogP contribution in [0.5, 0.6) is 5.75 Å². The Morgan fingerprint density at radius 3 is 2.95 bits per heavy atom. The maximum Gasteiger partial charge on any atom is 0.332 e. The third-order valence-corrected chi connectivity index (χ3v) is 2.80. The molecule has 1 aliphatic heterocycles. The molecular weight excluding hydrogens is 248 g/mol. The summed E-state index contributed by atoms with van der Waals surface area (Å²) in [5.74, 6) is -0.580. The Bertz CT molecular complexity index is 489. The predicted molar refractivity (Wildman–Crippen MR) is 68.9 cm³/mol. The third kappa shape index (κ3) is 2.68. The van der Waals surface area contributed by atoms with Crippen molar-refractivity contribution in [3.8, 4) is 5.75 Å². The Morgan fingerprint density at radius 1 is 1.47 bits per heavy atom. The first-order chi connectivity index (χ1) is 9.15. The number of esters is 1. The number of fused-ring (bicyclic) bond motifs is 1. The second kappa shape index (κ2) is 5.71. The smallest absolute Gasteiger partial charge is 0.332 e. The quantitative estimate of drug-likeness (QED) is 0.627. The molecule has 1 aromatic carbocycles. The van der Waals surface area contributed by atoms with Gasteiger partial charge in [-0.2, -0.15) is 0 Å². The molecule has 1 unspecified atom stereocenters. The van der Waals surface area contributed by atoms with Crippen molar-refractivity contribution in [2.75, 3.05) is 24.7 Å². The monoisotopic (exact) mass is 264 g/mol. The van der Waals surface area contributed by atoms with Crippen LogP contribution in [0.3, 0.4) is 0 Å². The predicted octanol–water partition coefficient (Wildman–Crippen LogP) is 0.302. The lowest BCUT2D eigenvalue weighted by Crippen LogP contribution is -2.51. The van der Waals surface area contributed by atoms with Crippen LogP contribution in [0, 0.1) is 0 Å². The zero-order chi connectivity index (χ0) is 13.8. The summed E-state index contributed by atoms with van der Waals surface area (Å²) in [6.07, 6.45) is 0. The number of hydrogen-bond acceptors (Lipinski definition) is 5. The number of anilines is 1. The van der Waals surface area contributed by atoms with Crippen LogP contribution in [0.2, 0.25) is 0 Å². The molecule has 0 spiro atoms. The topological polar surface area (TPSA) is 81.9 Å². The minimum Gasteiger partial charge on any atom is -0.490 e. The van der Waals surface area contributed by atoms with Crippen molar-refractivity contribution in [2.24, 2.45) is 5.73 Å². The number of ether oxygens (including phenoxy) is 2. The van der Waals surface area contributed by atoms with Crippen molar-refractivity contribution in [2.45, 2.75) is 13.0 Å². The molecule has 1 amide bonds. The maximum atomic E-state index is 12.2. The van der Waals surface area contributed by atoms with E-state index in [4.69, 9.17) is 15.2 Å². The third-order valence-electron chi connectivity index (χ3n) is 2.80. The molecule has 1 atom stereocenters. The molecule has 1 aliphatic rings. The number of hydrogen-bond donors (Lipinski definition) is 1. The van der Waals surface area contributed by atoms with Gasteiger partial charge in [0, 0.05) is 0 Å². The van der Waals surface area contributed by atoms with Gasteiger partial charge in [-0.05, 0) is 19.1 Å². The van der Waals surface area contributed by atoms with E-state index in [-0.39, 0.29) is 6.61 Å². The molecule has 0 radical (unpaired) electrons. The Kier molecular flexibility index (Phi) is 4.01. The van der Waals surface area contributed by atoms with Crippen LogP contribution >= 0.6 is 0 Å². The van der Waals surface area contributed by atoms with E-state index in [1.165, 1.54) is 4.90 Å². The maximum absolute atomic E-state index is 12.2. The van der Waals surface area contributed by atoms with Crippen LogP contribution in [-0.4, -0.2) is 37.7 Å². The van der Waals surface area contributed by atoms with Gasteiger partial charge in [0.1, 0.15) is 12.4 Å². The van der Waals surface area contributed by atoms with Gasteiger partial charge in [0.2, 0.25) is 0 Å². The van der Waals surface area contributed by atoms with Crippen LogP contribution in [-0.2, 0) is 14.3 Å². The summed E-state index contributed by atoms with van der Waals surface area (Å²) in [5, 5.41) is 0. The van der Waals surface area contributed by atoms with E-state index in [0.717, 1.165) is 0 Å². The number of carbonyl (C=O) groups is 2. The second-order valence-corrected chi connectivity index (χ2v) is 4.04. The molecule has 0 bridgehead atoms. The highest BCUT2D eigenvalue weighted by Gasteiger charge is 2.32. The number of amides is 1. The molecule has 1 aromatic rings. The average Bonchev–Trinajstić information content (AvgIpc) is 2.45.